The summed E-state index contributed by atoms with van der Waals surface area (Å²) in [5.74, 6) is 0. The van der Waals surface area contributed by atoms with E-state index in [9.17, 15) is 0 Å². The lowest BCUT2D eigenvalue weighted by Crippen LogP contribution is -2.37. The minimum atomic E-state index is 0.245. The zero-order valence-corrected chi connectivity index (χ0v) is 9.69. The summed E-state index contributed by atoms with van der Waals surface area (Å²) in [4.78, 5) is 2.29. The highest BCUT2D eigenvalue weighted by atomic mass is 127. The van der Waals surface area contributed by atoms with Gasteiger partial charge in [-0.05, 0) is 20.3 Å². The standard InChI is InChI=1S/C8H16INO2/c1-6(2)10-4-8(12-9)3-7(10)5-11/h6-8,11H,3-5H2,1-2H3/t7-,8?/m0/s1. The van der Waals surface area contributed by atoms with Crippen molar-refractivity contribution in [1.82, 2.24) is 4.90 Å². The predicted octanol–water partition coefficient (Wildman–Crippen LogP) is 1.20. The van der Waals surface area contributed by atoms with Crippen LogP contribution >= 0.6 is 23.0 Å². The molecule has 1 fully saturated rings. The van der Waals surface area contributed by atoms with Gasteiger partial charge in [-0.2, -0.15) is 0 Å². The highest BCUT2D eigenvalue weighted by Crippen LogP contribution is 2.23. The van der Waals surface area contributed by atoms with Crippen LogP contribution in [0.15, 0.2) is 0 Å². The maximum atomic E-state index is 9.10. The lowest BCUT2D eigenvalue weighted by Gasteiger charge is -2.26. The van der Waals surface area contributed by atoms with Crippen molar-refractivity contribution in [3.63, 3.8) is 0 Å². The van der Waals surface area contributed by atoms with Crippen LogP contribution in [0.2, 0.25) is 0 Å². The van der Waals surface area contributed by atoms with Crippen LogP contribution in [0.1, 0.15) is 20.3 Å². The smallest absolute Gasteiger partial charge is 0.110 e. The first kappa shape index (κ1) is 10.7. The highest BCUT2D eigenvalue weighted by molar-refractivity contribution is 14.1. The molecule has 1 aliphatic heterocycles. The van der Waals surface area contributed by atoms with Gasteiger partial charge in [0.25, 0.3) is 0 Å². The van der Waals surface area contributed by atoms with Gasteiger partial charge in [-0.25, -0.2) is 0 Å². The molecule has 1 unspecified atom stereocenters. The third kappa shape index (κ3) is 2.31. The Balaban J connectivity index is 2.50. The number of aliphatic hydroxyl groups is 1. The lowest BCUT2D eigenvalue weighted by molar-refractivity contribution is 0.131. The molecule has 1 saturated heterocycles. The molecule has 0 saturated carbocycles. The Morgan fingerprint density at radius 3 is 2.67 bits per heavy atom. The Morgan fingerprint density at radius 1 is 1.67 bits per heavy atom. The zero-order valence-electron chi connectivity index (χ0n) is 7.53. The minimum Gasteiger partial charge on any atom is -0.395 e. The van der Waals surface area contributed by atoms with Gasteiger partial charge in [0.05, 0.1) is 12.7 Å². The molecular formula is C8H16INO2. The Bertz CT molecular complexity index is 143. The molecular weight excluding hydrogens is 269 g/mol. The van der Waals surface area contributed by atoms with E-state index in [1.807, 2.05) is 23.0 Å². The third-order valence-electron chi connectivity index (χ3n) is 2.42. The maximum absolute atomic E-state index is 9.10. The van der Waals surface area contributed by atoms with Crippen molar-refractivity contribution in [3.05, 3.63) is 0 Å². The molecule has 2 atom stereocenters. The van der Waals surface area contributed by atoms with Gasteiger partial charge in [-0.1, -0.05) is 0 Å². The van der Waals surface area contributed by atoms with Gasteiger partial charge >= 0.3 is 0 Å². The average Bonchev–Trinajstić information content (AvgIpc) is 2.47. The van der Waals surface area contributed by atoms with Crippen LogP contribution in [0.3, 0.4) is 0 Å². The molecule has 0 amide bonds. The van der Waals surface area contributed by atoms with Gasteiger partial charge in [0.1, 0.15) is 23.0 Å². The van der Waals surface area contributed by atoms with E-state index in [1.54, 1.807) is 0 Å². The Labute approximate surface area is 87.8 Å². The number of halogens is 1. The topological polar surface area (TPSA) is 32.7 Å². The van der Waals surface area contributed by atoms with E-state index in [4.69, 9.17) is 8.17 Å². The highest BCUT2D eigenvalue weighted by Gasteiger charge is 2.33. The summed E-state index contributed by atoms with van der Waals surface area (Å²) < 4.78 is 5.24. The van der Waals surface area contributed by atoms with E-state index in [0.717, 1.165) is 13.0 Å². The number of hydrogen-bond donors (Lipinski definition) is 1. The number of rotatable bonds is 3. The van der Waals surface area contributed by atoms with Crippen molar-refractivity contribution in [2.45, 2.75) is 38.5 Å². The fourth-order valence-electron chi connectivity index (χ4n) is 1.77. The van der Waals surface area contributed by atoms with E-state index in [0.29, 0.717) is 18.2 Å². The lowest BCUT2D eigenvalue weighted by atomic mass is 10.2. The van der Waals surface area contributed by atoms with Crippen molar-refractivity contribution in [1.29, 1.82) is 0 Å². The summed E-state index contributed by atoms with van der Waals surface area (Å²) in [6.07, 6.45) is 1.25. The molecule has 3 nitrogen and oxygen atoms in total. The quantitative estimate of drug-likeness (QED) is 0.791. The van der Waals surface area contributed by atoms with E-state index >= 15 is 0 Å². The molecule has 1 aliphatic rings. The SMILES string of the molecule is CC(C)N1CC(OI)C[C@H]1CO. The summed E-state index contributed by atoms with van der Waals surface area (Å²) in [6.45, 7) is 5.50. The van der Waals surface area contributed by atoms with Crippen LogP contribution < -0.4 is 0 Å². The largest absolute Gasteiger partial charge is 0.395 e. The van der Waals surface area contributed by atoms with E-state index in [-0.39, 0.29) is 6.61 Å². The van der Waals surface area contributed by atoms with Gasteiger partial charge in [0, 0.05) is 18.6 Å². The molecule has 0 spiro atoms. The molecule has 72 valence electrons. The van der Waals surface area contributed by atoms with E-state index in [1.165, 1.54) is 0 Å². The first-order valence-electron chi connectivity index (χ1n) is 4.33. The van der Waals surface area contributed by atoms with Crippen LogP contribution in [0.5, 0.6) is 0 Å². The third-order valence-corrected chi connectivity index (χ3v) is 3.14. The summed E-state index contributed by atoms with van der Waals surface area (Å²) in [5, 5.41) is 9.10. The molecule has 4 heteroatoms. The van der Waals surface area contributed by atoms with Crippen molar-refractivity contribution < 1.29 is 8.17 Å². The first-order chi connectivity index (χ1) is 5.69. The molecule has 0 bridgehead atoms. The second kappa shape index (κ2) is 4.74. The van der Waals surface area contributed by atoms with Crippen molar-refractivity contribution in [2.75, 3.05) is 13.2 Å². The van der Waals surface area contributed by atoms with Crippen molar-refractivity contribution >= 4 is 23.0 Å². The van der Waals surface area contributed by atoms with Crippen molar-refractivity contribution in [3.8, 4) is 0 Å². The number of nitrogens with zero attached hydrogens (tertiary/aromatic N) is 1. The molecule has 0 aliphatic carbocycles. The second-order valence-electron chi connectivity index (χ2n) is 3.57. The predicted molar refractivity (Wildman–Crippen MR) is 56.2 cm³/mol. The summed E-state index contributed by atoms with van der Waals surface area (Å²) in [5.41, 5.74) is 0. The molecule has 12 heavy (non-hydrogen) atoms. The second-order valence-corrected chi connectivity index (χ2v) is 4.08. The fourth-order valence-corrected chi connectivity index (χ4v) is 2.14. The fraction of sp³-hybridized carbons (Fsp3) is 1.00. The molecule has 0 aromatic carbocycles. The van der Waals surface area contributed by atoms with E-state index in [2.05, 4.69) is 18.7 Å². The van der Waals surface area contributed by atoms with Gasteiger partial charge in [0.15, 0.2) is 0 Å². The van der Waals surface area contributed by atoms with Gasteiger partial charge < -0.3 is 8.17 Å². The molecule has 0 radical (unpaired) electrons. The Kier molecular flexibility index (Phi) is 4.22. The molecule has 1 rings (SSSR count). The molecule has 0 aromatic rings. The molecule has 1 N–H and O–H groups in total. The van der Waals surface area contributed by atoms with Crippen LogP contribution in [0.4, 0.5) is 0 Å². The monoisotopic (exact) mass is 285 g/mol. The number of aliphatic hydroxyl groups excluding tert-OH is 1. The Morgan fingerprint density at radius 2 is 2.33 bits per heavy atom. The van der Waals surface area contributed by atoms with E-state index < -0.39 is 0 Å². The average molecular weight is 285 g/mol. The summed E-state index contributed by atoms with van der Waals surface area (Å²) >= 11 is 1.94. The maximum Gasteiger partial charge on any atom is 0.110 e. The number of likely N-dealkylation sites (tertiary alicyclic amines) is 1. The number of hydrogen-bond acceptors (Lipinski definition) is 3. The van der Waals surface area contributed by atoms with Crippen molar-refractivity contribution in [2.24, 2.45) is 0 Å². The van der Waals surface area contributed by atoms with Crippen LogP contribution in [0, 0.1) is 0 Å². The normalized spacial score (nSPS) is 31.8. The Hall–Kier alpha value is 0.610. The summed E-state index contributed by atoms with van der Waals surface area (Å²) in [7, 11) is 0. The molecule has 1 heterocycles. The van der Waals surface area contributed by atoms with Gasteiger partial charge in [0.2, 0.25) is 0 Å². The summed E-state index contributed by atoms with van der Waals surface area (Å²) in [6, 6.07) is 0.795. The van der Waals surface area contributed by atoms with Crippen LogP contribution in [0.25, 0.3) is 0 Å². The van der Waals surface area contributed by atoms with Crippen LogP contribution in [-0.4, -0.2) is 41.3 Å². The van der Waals surface area contributed by atoms with Gasteiger partial charge in [-0.15, -0.1) is 0 Å². The van der Waals surface area contributed by atoms with Gasteiger partial charge in [-0.3, -0.25) is 4.90 Å². The molecule has 0 aromatic heterocycles. The first-order valence-corrected chi connectivity index (χ1v) is 5.21. The minimum absolute atomic E-state index is 0.245. The van der Waals surface area contributed by atoms with Crippen LogP contribution in [-0.2, 0) is 3.07 Å². The zero-order chi connectivity index (χ0) is 9.14.